The topological polar surface area (TPSA) is 23.5 Å². The average Bonchev–Trinajstić information content (AvgIpc) is 2.38. The summed E-state index contributed by atoms with van der Waals surface area (Å²) in [6.07, 6.45) is 4.73. The van der Waals surface area contributed by atoms with Crippen molar-refractivity contribution < 1.29 is 5.11 Å². The first-order chi connectivity index (χ1) is 9.00. The normalized spacial score (nSPS) is 25.1. The molecule has 2 nitrogen and oxygen atoms in total. The van der Waals surface area contributed by atoms with Gasteiger partial charge in [-0.1, -0.05) is 37.4 Å². The lowest BCUT2D eigenvalue weighted by Gasteiger charge is -2.38. The number of rotatable bonds is 3. The molecule has 3 unspecified atom stereocenters. The molecule has 1 aliphatic carbocycles. The maximum atomic E-state index is 9.60. The van der Waals surface area contributed by atoms with Crippen LogP contribution in [0.4, 0.5) is 5.69 Å². The second kappa shape index (κ2) is 6.15. The first-order valence-corrected chi connectivity index (χ1v) is 7.59. The smallest absolute Gasteiger partial charge is 0.0762 e. The van der Waals surface area contributed by atoms with Crippen molar-refractivity contribution in [3.63, 3.8) is 0 Å². The lowest BCUT2D eigenvalue weighted by molar-refractivity contribution is 0.199. The Kier molecular flexibility index (Phi) is 4.75. The van der Waals surface area contributed by atoms with Crippen molar-refractivity contribution in [2.24, 2.45) is 5.92 Å². The standard InChI is InChI=1S/C16H24ClNO/c1-11-6-4-5-7-15(11)18(3)16-9-8-13(12(2)19)10-14(16)17/h8-12,15,19H,4-7H2,1-3H3. The highest BCUT2D eigenvalue weighted by Crippen LogP contribution is 2.34. The summed E-state index contributed by atoms with van der Waals surface area (Å²) in [5.74, 6) is 0.714. The summed E-state index contributed by atoms with van der Waals surface area (Å²) in [6, 6.07) is 6.45. The number of nitrogens with zero attached hydrogens (tertiary/aromatic N) is 1. The van der Waals surface area contributed by atoms with Gasteiger partial charge < -0.3 is 10.0 Å². The Morgan fingerprint density at radius 1 is 1.32 bits per heavy atom. The molecule has 0 bridgehead atoms. The number of halogens is 1. The van der Waals surface area contributed by atoms with E-state index >= 15 is 0 Å². The maximum Gasteiger partial charge on any atom is 0.0762 e. The summed E-state index contributed by atoms with van der Waals surface area (Å²) >= 11 is 6.38. The van der Waals surface area contributed by atoms with Crippen LogP contribution in [0.3, 0.4) is 0 Å². The molecule has 3 atom stereocenters. The van der Waals surface area contributed by atoms with Gasteiger partial charge in [0, 0.05) is 13.1 Å². The van der Waals surface area contributed by atoms with Crippen LogP contribution in [0.5, 0.6) is 0 Å². The summed E-state index contributed by atoms with van der Waals surface area (Å²) in [6.45, 7) is 4.09. The highest BCUT2D eigenvalue weighted by Gasteiger charge is 2.26. The second-order valence-corrected chi connectivity index (χ2v) is 6.23. The highest BCUT2D eigenvalue weighted by atomic mass is 35.5. The van der Waals surface area contributed by atoms with Gasteiger partial charge >= 0.3 is 0 Å². The van der Waals surface area contributed by atoms with Crippen molar-refractivity contribution in [1.82, 2.24) is 0 Å². The van der Waals surface area contributed by atoms with E-state index in [0.717, 1.165) is 16.3 Å². The van der Waals surface area contributed by atoms with Crippen molar-refractivity contribution in [1.29, 1.82) is 0 Å². The molecule has 0 heterocycles. The zero-order valence-corrected chi connectivity index (χ0v) is 12.8. The summed E-state index contributed by atoms with van der Waals surface area (Å²) in [5, 5.41) is 10.3. The summed E-state index contributed by atoms with van der Waals surface area (Å²) in [7, 11) is 2.13. The first-order valence-electron chi connectivity index (χ1n) is 7.21. The molecule has 1 saturated carbocycles. The Hall–Kier alpha value is -0.730. The Morgan fingerprint density at radius 2 is 2.00 bits per heavy atom. The van der Waals surface area contributed by atoms with Crippen LogP contribution < -0.4 is 4.90 Å². The molecule has 0 radical (unpaired) electrons. The molecule has 0 spiro atoms. The fraction of sp³-hybridized carbons (Fsp3) is 0.625. The van der Waals surface area contributed by atoms with E-state index < -0.39 is 6.10 Å². The van der Waals surface area contributed by atoms with Gasteiger partial charge in [-0.05, 0) is 43.4 Å². The van der Waals surface area contributed by atoms with Gasteiger partial charge in [-0.15, -0.1) is 0 Å². The third-order valence-electron chi connectivity index (χ3n) is 4.40. The van der Waals surface area contributed by atoms with E-state index in [1.54, 1.807) is 6.92 Å². The number of benzene rings is 1. The number of hydrogen-bond donors (Lipinski definition) is 1. The molecule has 0 aliphatic heterocycles. The zero-order valence-electron chi connectivity index (χ0n) is 12.1. The van der Waals surface area contributed by atoms with Crippen LogP contribution in [-0.2, 0) is 0 Å². The fourth-order valence-corrected chi connectivity index (χ4v) is 3.44. The molecule has 2 rings (SSSR count). The lowest BCUT2D eigenvalue weighted by atomic mass is 9.85. The molecule has 1 fully saturated rings. The van der Waals surface area contributed by atoms with Crippen molar-refractivity contribution in [3.05, 3.63) is 28.8 Å². The summed E-state index contributed by atoms with van der Waals surface area (Å²) in [4.78, 5) is 2.32. The van der Waals surface area contributed by atoms with Gasteiger partial charge in [0.25, 0.3) is 0 Å². The molecule has 0 saturated heterocycles. The molecule has 19 heavy (non-hydrogen) atoms. The van der Waals surface area contributed by atoms with E-state index in [1.165, 1.54) is 25.7 Å². The van der Waals surface area contributed by atoms with Crippen LogP contribution >= 0.6 is 11.6 Å². The molecule has 106 valence electrons. The van der Waals surface area contributed by atoms with Gasteiger partial charge in [-0.3, -0.25) is 0 Å². The predicted molar refractivity (Wildman–Crippen MR) is 81.9 cm³/mol. The van der Waals surface area contributed by atoms with E-state index in [0.29, 0.717) is 12.0 Å². The monoisotopic (exact) mass is 281 g/mol. The third-order valence-corrected chi connectivity index (χ3v) is 4.70. The molecule has 1 aromatic rings. The summed E-state index contributed by atoms with van der Waals surface area (Å²) in [5.41, 5.74) is 1.95. The Labute approximate surface area is 121 Å². The van der Waals surface area contributed by atoms with Gasteiger partial charge in [0.05, 0.1) is 16.8 Å². The summed E-state index contributed by atoms with van der Waals surface area (Å²) < 4.78 is 0. The van der Waals surface area contributed by atoms with E-state index in [9.17, 15) is 5.11 Å². The number of hydrogen-bond acceptors (Lipinski definition) is 2. The lowest BCUT2D eigenvalue weighted by Crippen LogP contribution is -2.39. The molecular formula is C16H24ClNO. The quantitative estimate of drug-likeness (QED) is 0.887. The van der Waals surface area contributed by atoms with Crippen LogP contribution in [-0.4, -0.2) is 18.2 Å². The van der Waals surface area contributed by atoms with E-state index in [2.05, 4.69) is 18.9 Å². The Bertz CT molecular complexity index is 433. The molecule has 1 aromatic carbocycles. The minimum absolute atomic E-state index is 0.467. The fourth-order valence-electron chi connectivity index (χ4n) is 3.12. The van der Waals surface area contributed by atoms with Gasteiger partial charge in [-0.2, -0.15) is 0 Å². The number of aliphatic hydroxyl groups excluding tert-OH is 1. The van der Waals surface area contributed by atoms with Crippen LogP contribution in [0.25, 0.3) is 0 Å². The number of anilines is 1. The van der Waals surface area contributed by atoms with Crippen molar-refractivity contribution in [2.75, 3.05) is 11.9 Å². The third kappa shape index (κ3) is 3.24. The van der Waals surface area contributed by atoms with Crippen LogP contribution in [0.2, 0.25) is 5.02 Å². The zero-order chi connectivity index (χ0) is 14.0. The van der Waals surface area contributed by atoms with Gasteiger partial charge in [0.1, 0.15) is 0 Å². The SMILES string of the molecule is CC(O)c1ccc(N(C)C2CCCCC2C)c(Cl)c1. The molecule has 0 aromatic heterocycles. The Morgan fingerprint density at radius 3 is 2.58 bits per heavy atom. The van der Waals surface area contributed by atoms with Crippen LogP contribution in [0, 0.1) is 5.92 Å². The van der Waals surface area contributed by atoms with E-state index in [4.69, 9.17) is 11.6 Å². The number of aliphatic hydroxyl groups is 1. The molecule has 1 N–H and O–H groups in total. The molecule has 0 amide bonds. The van der Waals surface area contributed by atoms with Crippen molar-refractivity contribution in [3.8, 4) is 0 Å². The molecular weight excluding hydrogens is 258 g/mol. The largest absolute Gasteiger partial charge is 0.389 e. The van der Waals surface area contributed by atoms with E-state index in [1.807, 2.05) is 18.2 Å². The minimum atomic E-state index is -0.467. The van der Waals surface area contributed by atoms with E-state index in [-0.39, 0.29) is 0 Å². The molecule has 1 aliphatic rings. The average molecular weight is 282 g/mol. The maximum absolute atomic E-state index is 9.60. The second-order valence-electron chi connectivity index (χ2n) is 5.83. The minimum Gasteiger partial charge on any atom is -0.389 e. The van der Waals surface area contributed by atoms with Gasteiger partial charge in [0.15, 0.2) is 0 Å². The van der Waals surface area contributed by atoms with Gasteiger partial charge in [0.2, 0.25) is 0 Å². The van der Waals surface area contributed by atoms with Crippen molar-refractivity contribution in [2.45, 2.75) is 51.7 Å². The predicted octanol–water partition coefficient (Wildman–Crippen LogP) is 4.41. The van der Waals surface area contributed by atoms with Crippen LogP contribution in [0.15, 0.2) is 18.2 Å². The van der Waals surface area contributed by atoms with Gasteiger partial charge in [-0.25, -0.2) is 0 Å². The van der Waals surface area contributed by atoms with Crippen LogP contribution in [0.1, 0.15) is 51.2 Å². The van der Waals surface area contributed by atoms with Crippen molar-refractivity contribution >= 4 is 17.3 Å². The highest BCUT2D eigenvalue weighted by molar-refractivity contribution is 6.33. The first kappa shape index (κ1) is 14.7. The molecule has 3 heteroatoms. The Balaban J connectivity index is 2.21.